The summed E-state index contributed by atoms with van der Waals surface area (Å²) in [5.74, 6) is -0.226. The van der Waals surface area contributed by atoms with Gasteiger partial charge in [0.05, 0.1) is 18.3 Å². The summed E-state index contributed by atoms with van der Waals surface area (Å²) < 4.78 is 0. The number of nitrogens with zero attached hydrogens (tertiary/aromatic N) is 1. The Kier molecular flexibility index (Phi) is 7.12. The second-order valence-corrected chi connectivity index (χ2v) is 7.77. The quantitative estimate of drug-likeness (QED) is 0.630. The molecule has 0 bridgehead atoms. The fraction of sp³-hybridized carbons (Fsp3) is 0.364. The number of anilines is 1. The molecular weight excluding hydrogens is 390 g/mol. The summed E-state index contributed by atoms with van der Waals surface area (Å²) in [5.41, 5.74) is 1.31. The Bertz CT molecular complexity index is 866. The number of nitrogens with one attached hydrogen (secondary N) is 2. The molecule has 154 valence electrons. The number of hydrogen-bond donors (Lipinski definition) is 3. The van der Waals surface area contributed by atoms with E-state index in [2.05, 4.69) is 15.5 Å². The third-order valence-corrected chi connectivity index (χ3v) is 5.58. The molecule has 0 aromatic heterocycles. The highest BCUT2D eigenvalue weighted by Crippen LogP contribution is 2.25. The molecule has 1 saturated heterocycles. The van der Waals surface area contributed by atoms with Gasteiger partial charge in [-0.25, -0.2) is 0 Å². The Morgan fingerprint density at radius 1 is 1.14 bits per heavy atom. The zero-order chi connectivity index (χ0) is 20.8. The molecule has 0 spiro atoms. The van der Waals surface area contributed by atoms with E-state index in [4.69, 9.17) is 11.6 Å². The summed E-state index contributed by atoms with van der Waals surface area (Å²) in [6.45, 7) is 3.55. The number of benzene rings is 2. The number of carbonyl (C=O) groups is 2. The number of piperidine rings is 1. The van der Waals surface area contributed by atoms with Gasteiger partial charge in [-0.15, -0.1) is 0 Å². The van der Waals surface area contributed by atoms with Crippen LogP contribution in [0.1, 0.15) is 31.4 Å². The van der Waals surface area contributed by atoms with Gasteiger partial charge in [0.15, 0.2) is 0 Å². The lowest BCUT2D eigenvalue weighted by molar-refractivity contribution is -0.124. The highest BCUT2D eigenvalue weighted by atomic mass is 35.5. The molecule has 1 aliphatic heterocycles. The summed E-state index contributed by atoms with van der Waals surface area (Å²) >= 11 is 6.19. The van der Waals surface area contributed by atoms with Gasteiger partial charge in [0.1, 0.15) is 5.75 Å². The van der Waals surface area contributed by atoms with Gasteiger partial charge in [-0.2, -0.15) is 0 Å². The van der Waals surface area contributed by atoms with Gasteiger partial charge in [-0.3, -0.25) is 14.5 Å². The molecular formula is C22H26ClN3O3. The maximum atomic E-state index is 12.5. The van der Waals surface area contributed by atoms with E-state index < -0.39 is 0 Å². The molecule has 29 heavy (non-hydrogen) atoms. The van der Waals surface area contributed by atoms with E-state index in [0.29, 0.717) is 43.2 Å². The van der Waals surface area contributed by atoms with Crippen molar-refractivity contribution in [3.05, 3.63) is 59.1 Å². The van der Waals surface area contributed by atoms with E-state index in [-0.39, 0.29) is 29.5 Å². The second-order valence-electron chi connectivity index (χ2n) is 7.37. The Morgan fingerprint density at radius 2 is 1.79 bits per heavy atom. The Hall–Kier alpha value is -2.57. The summed E-state index contributed by atoms with van der Waals surface area (Å²) in [5, 5.41) is 16.2. The Balaban J connectivity index is 1.44. The number of carbonyl (C=O) groups excluding carboxylic acids is 2. The Morgan fingerprint density at radius 3 is 2.48 bits per heavy atom. The van der Waals surface area contributed by atoms with E-state index in [1.165, 1.54) is 0 Å². The van der Waals surface area contributed by atoms with E-state index in [0.717, 1.165) is 5.56 Å². The lowest BCUT2D eigenvalue weighted by atomic mass is 9.95. The van der Waals surface area contributed by atoms with Crippen molar-refractivity contribution in [3.63, 3.8) is 0 Å². The molecule has 0 saturated carbocycles. The molecule has 1 heterocycles. The molecule has 1 unspecified atom stereocenters. The van der Waals surface area contributed by atoms with Crippen LogP contribution >= 0.6 is 11.6 Å². The van der Waals surface area contributed by atoms with Gasteiger partial charge < -0.3 is 15.7 Å². The van der Waals surface area contributed by atoms with Crippen LogP contribution in [0.4, 0.5) is 5.69 Å². The van der Waals surface area contributed by atoms with Crippen LogP contribution in [0.15, 0.2) is 48.5 Å². The first-order chi connectivity index (χ1) is 13.9. The molecule has 3 N–H and O–H groups in total. The molecule has 3 rings (SSSR count). The molecule has 2 amide bonds. The summed E-state index contributed by atoms with van der Waals surface area (Å²) in [7, 11) is 0. The SMILES string of the molecule is CC(NC(=O)CN1CCC(C(=O)Nc2ccccc2O)CC1)c1ccccc1Cl. The van der Waals surface area contributed by atoms with Gasteiger partial charge in [-0.1, -0.05) is 41.9 Å². The number of halogens is 1. The molecule has 1 aliphatic rings. The molecule has 0 aliphatic carbocycles. The highest BCUT2D eigenvalue weighted by Gasteiger charge is 2.26. The number of phenolic OH excluding ortho intramolecular Hbond substituents is 1. The van der Waals surface area contributed by atoms with Crippen LogP contribution in [0.25, 0.3) is 0 Å². The molecule has 1 fully saturated rings. The topological polar surface area (TPSA) is 81.7 Å². The molecule has 7 heteroatoms. The average Bonchev–Trinajstić information content (AvgIpc) is 2.70. The van der Waals surface area contributed by atoms with E-state index >= 15 is 0 Å². The monoisotopic (exact) mass is 415 g/mol. The van der Waals surface area contributed by atoms with Crippen LogP contribution in [0.5, 0.6) is 5.75 Å². The molecule has 2 aromatic rings. The molecule has 6 nitrogen and oxygen atoms in total. The second kappa shape index (κ2) is 9.76. The highest BCUT2D eigenvalue weighted by molar-refractivity contribution is 6.31. The van der Waals surface area contributed by atoms with Crippen molar-refractivity contribution in [1.29, 1.82) is 0 Å². The van der Waals surface area contributed by atoms with Crippen molar-refractivity contribution in [2.24, 2.45) is 5.92 Å². The third-order valence-electron chi connectivity index (χ3n) is 5.24. The van der Waals surface area contributed by atoms with Crippen molar-refractivity contribution in [3.8, 4) is 5.75 Å². The summed E-state index contributed by atoms with van der Waals surface area (Å²) in [4.78, 5) is 26.9. The van der Waals surface area contributed by atoms with Gasteiger partial charge in [0, 0.05) is 10.9 Å². The lowest BCUT2D eigenvalue weighted by Crippen LogP contribution is -2.43. The largest absolute Gasteiger partial charge is 0.506 e. The number of phenols is 1. The summed E-state index contributed by atoms with van der Waals surface area (Å²) in [6, 6.07) is 14.0. The van der Waals surface area contributed by atoms with Crippen molar-refractivity contribution >= 4 is 29.1 Å². The lowest BCUT2D eigenvalue weighted by Gasteiger charge is -2.31. The minimum atomic E-state index is -0.168. The maximum absolute atomic E-state index is 12.5. The number of para-hydroxylation sites is 2. The van der Waals surface area contributed by atoms with Gasteiger partial charge in [0.2, 0.25) is 11.8 Å². The normalized spacial score (nSPS) is 16.2. The number of likely N-dealkylation sites (tertiary alicyclic amines) is 1. The van der Waals surface area contributed by atoms with E-state index in [9.17, 15) is 14.7 Å². The first kappa shape index (κ1) is 21.1. The minimum Gasteiger partial charge on any atom is -0.506 e. The number of amides is 2. The van der Waals surface area contributed by atoms with Crippen LogP contribution in [0.3, 0.4) is 0 Å². The zero-order valence-electron chi connectivity index (χ0n) is 16.4. The molecule has 2 aromatic carbocycles. The minimum absolute atomic E-state index is 0.0580. The van der Waals surface area contributed by atoms with Crippen molar-refractivity contribution in [2.75, 3.05) is 25.0 Å². The number of hydrogen-bond acceptors (Lipinski definition) is 4. The van der Waals surface area contributed by atoms with Crippen molar-refractivity contribution in [2.45, 2.75) is 25.8 Å². The average molecular weight is 416 g/mol. The third kappa shape index (κ3) is 5.71. The summed E-state index contributed by atoms with van der Waals surface area (Å²) in [6.07, 6.45) is 1.35. The number of rotatable bonds is 6. The molecule has 1 atom stereocenters. The zero-order valence-corrected chi connectivity index (χ0v) is 17.2. The standard InChI is InChI=1S/C22H26ClN3O3/c1-15(17-6-2-3-7-18(17)23)24-21(28)14-26-12-10-16(11-13-26)22(29)25-19-8-4-5-9-20(19)27/h2-9,15-16,27H,10-14H2,1H3,(H,24,28)(H,25,29). The van der Waals surface area contributed by atoms with Crippen LogP contribution in [-0.2, 0) is 9.59 Å². The number of aromatic hydroxyl groups is 1. The maximum Gasteiger partial charge on any atom is 0.234 e. The fourth-order valence-electron chi connectivity index (χ4n) is 3.56. The predicted molar refractivity (Wildman–Crippen MR) is 114 cm³/mol. The first-order valence-electron chi connectivity index (χ1n) is 9.79. The van der Waals surface area contributed by atoms with Gasteiger partial charge in [-0.05, 0) is 56.6 Å². The van der Waals surface area contributed by atoms with E-state index in [1.807, 2.05) is 31.2 Å². The first-order valence-corrected chi connectivity index (χ1v) is 10.2. The van der Waals surface area contributed by atoms with Crippen LogP contribution in [0.2, 0.25) is 5.02 Å². The van der Waals surface area contributed by atoms with Crippen LogP contribution in [-0.4, -0.2) is 41.5 Å². The van der Waals surface area contributed by atoms with E-state index in [1.54, 1.807) is 24.3 Å². The van der Waals surface area contributed by atoms with Crippen LogP contribution in [0, 0.1) is 5.92 Å². The smallest absolute Gasteiger partial charge is 0.234 e. The van der Waals surface area contributed by atoms with Crippen molar-refractivity contribution < 1.29 is 14.7 Å². The fourth-order valence-corrected chi connectivity index (χ4v) is 3.86. The molecule has 0 radical (unpaired) electrons. The van der Waals surface area contributed by atoms with Gasteiger partial charge in [0.25, 0.3) is 0 Å². The van der Waals surface area contributed by atoms with Crippen LogP contribution < -0.4 is 10.6 Å². The predicted octanol–water partition coefficient (Wildman–Crippen LogP) is 3.57. The van der Waals surface area contributed by atoms with Gasteiger partial charge >= 0.3 is 0 Å². The Labute approximate surface area is 175 Å². The van der Waals surface area contributed by atoms with Crippen molar-refractivity contribution in [1.82, 2.24) is 10.2 Å².